The lowest BCUT2D eigenvalue weighted by Crippen LogP contribution is -2.16. The predicted molar refractivity (Wildman–Crippen MR) is 69.0 cm³/mol. The molecule has 7 heteroatoms. The first-order valence-electron chi connectivity index (χ1n) is 6.23. The van der Waals surface area contributed by atoms with E-state index in [-0.39, 0.29) is 11.8 Å². The largest absolute Gasteiger partial charge is 0.379 e. The first kappa shape index (κ1) is 13.4. The molecule has 2 rings (SSSR count). The van der Waals surface area contributed by atoms with Crippen molar-refractivity contribution in [3.8, 4) is 0 Å². The SMILES string of the molecule is CCCCS(=O)(=O)Nc1cnn([C@@H]2CCOC2)c1. The summed E-state index contributed by atoms with van der Waals surface area (Å²) in [4.78, 5) is 0. The van der Waals surface area contributed by atoms with E-state index in [1.165, 1.54) is 0 Å². The molecule has 1 aromatic rings. The molecular weight excluding hydrogens is 254 g/mol. The standard InChI is InChI=1S/C11H19N3O3S/c1-2-3-6-18(15,16)13-10-7-12-14(8-10)11-4-5-17-9-11/h7-8,11,13H,2-6,9H2,1H3/t11-/m1/s1. The molecule has 1 N–H and O–H groups in total. The summed E-state index contributed by atoms with van der Waals surface area (Å²) in [5.41, 5.74) is 0.526. The van der Waals surface area contributed by atoms with Crippen LogP contribution in [0, 0.1) is 0 Å². The molecule has 1 aromatic heterocycles. The Morgan fingerprint density at radius 3 is 3.11 bits per heavy atom. The highest BCUT2D eigenvalue weighted by atomic mass is 32.2. The molecule has 18 heavy (non-hydrogen) atoms. The van der Waals surface area contributed by atoms with Crippen LogP contribution in [0.5, 0.6) is 0 Å². The van der Waals surface area contributed by atoms with Crippen LogP contribution in [0.3, 0.4) is 0 Å². The highest BCUT2D eigenvalue weighted by molar-refractivity contribution is 7.92. The van der Waals surface area contributed by atoms with Gasteiger partial charge in [-0.3, -0.25) is 9.40 Å². The Morgan fingerprint density at radius 2 is 2.44 bits per heavy atom. The summed E-state index contributed by atoms with van der Waals surface area (Å²) >= 11 is 0. The van der Waals surface area contributed by atoms with Gasteiger partial charge in [0.05, 0.1) is 30.3 Å². The van der Waals surface area contributed by atoms with Gasteiger partial charge >= 0.3 is 0 Å². The molecule has 1 aliphatic heterocycles. The van der Waals surface area contributed by atoms with Crippen LogP contribution in [0.2, 0.25) is 0 Å². The topological polar surface area (TPSA) is 73.2 Å². The van der Waals surface area contributed by atoms with E-state index in [0.29, 0.717) is 18.7 Å². The molecule has 1 atom stereocenters. The normalized spacial score (nSPS) is 20.2. The second-order valence-electron chi connectivity index (χ2n) is 4.50. The van der Waals surface area contributed by atoms with Crippen molar-refractivity contribution >= 4 is 15.7 Å². The number of anilines is 1. The predicted octanol–water partition coefficient (Wildman–Crippen LogP) is 1.39. The molecule has 0 aliphatic carbocycles. The van der Waals surface area contributed by atoms with Crippen LogP contribution in [0.1, 0.15) is 32.2 Å². The molecule has 102 valence electrons. The maximum Gasteiger partial charge on any atom is 0.232 e. The Balaban J connectivity index is 1.97. The molecule has 0 spiro atoms. The number of unbranched alkanes of at least 4 members (excludes halogenated alkanes) is 1. The number of ether oxygens (including phenoxy) is 1. The van der Waals surface area contributed by atoms with Gasteiger partial charge in [0.15, 0.2) is 0 Å². The maximum atomic E-state index is 11.7. The van der Waals surface area contributed by atoms with Crippen molar-refractivity contribution in [3.63, 3.8) is 0 Å². The van der Waals surface area contributed by atoms with Crippen molar-refractivity contribution in [1.82, 2.24) is 9.78 Å². The number of rotatable bonds is 6. The second-order valence-corrected chi connectivity index (χ2v) is 6.34. The van der Waals surface area contributed by atoms with Crippen molar-refractivity contribution in [3.05, 3.63) is 12.4 Å². The van der Waals surface area contributed by atoms with Crippen molar-refractivity contribution in [2.75, 3.05) is 23.7 Å². The number of nitrogens with zero attached hydrogens (tertiary/aromatic N) is 2. The molecule has 0 aromatic carbocycles. The van der Waals surface area contributed by atoms with Gasteiger partial charge in [-0.2, -0.15) is 5.10 Å². The Labute approximate surface area is 107 Å². The average Bonchev–Trinajstić information content (AvgIpc) is 2.95. The van der Waals surface area contributed by atoms with Crippen LogP contribution in [0.25, 0.3) is 0 Å². The quantitative estimate of drug-likeness (QED) is 0.850. The fourth-order valence-electron chi connectivity index (χ4n) is 1.89. The van der Waals surface area contributed by atoms with E-state index in [4.69, 9.17) is 4.74 Å². The monoisotopic (exact) mass is 273 g/mol. The Kier molecular flexibility index (Phi) is 4.23. The van der Waals surface area contributed by atoms with Crippen LogP contribution in [-0.4, -0.2) is 37.2 Å². The van der Waals surface area contributed by atoms with Gasteiger partial charge < -0.3 is 4.74 Å². The fraction of sp³-hybridized carbons (Fsp3) is 0.727. The molecule has 6 nitrogen and oxygen atoms in total. The van der Waals surface area contributed by atoms with Gasteiger partial charge in [0.1, 0.15) is 0 Å². The number of sulfonamides is 1. The molecular formula is C11H19N3O3S. The maximum absolute atomic E-state index is 11.7. The van der Waals surface area contributed by atoms with Crippen molar-refractivity contribution in [2.45, 2.75) is 32.2 Å². The summed E-state index contributed by atoms with van der Waals surface area (Å²) in [7, 11) is -3.24. The molecule has 0 bridgehead atoms. The third kappa shape index (κ3) is 3.46. The minimum atomic E-state index is -3.24. The zero-order chi connectivity index (χ0) is 13.0. The van der Waals surface area contributed by atoms with E-state index in [0.717, 1.165) is 19.4 Å². The van der Waals surface area contributed by atoms with E-state index in [2.05, 4.69) is 9.82 Å². The van der Waals surface area contributed by atoms with Crippen molar-refractivity contribution < 1.29 is 13.2 Å². The van der Waals surface area contributed by atoms with Gasteiger partial charge in [-0.25, -0.2) is 8.42 Å². The van der Waals surface area contributed by atoms with Gasteiger partial charge in [0.2, 0.25) is 10.0 Å². The number of nitrogens with one attached hydrogen (secondary N) is 1. The first-order chi connectivity index (χ1) is 8.61. The van der Waals surface area contributed by atoms with Crippen molar-refractivity contribution in [2.24, 2.45) is 0 Å². The van der Waals surface area contributed by atoms with Crippen LogP contribution >= 0.6 is 0 Å². The smallest absolute Gasteiger partial charge is 0.232 e. The fourth-order valence-corrected chi connectivity index (χ4v) is 3.12. The first-order valence-corrected chi connectivity index (χ1v) is 7.88. The summed E-state index contributed by atoms with van der Waals surface area (Å²) < 4.78 is 33.0. The summed E-state index contributed by atoms with van der Waals surface area (Å²) in [6.45, 7) is 3.35. The Hall–Kier alpha value is -1.08. The summed E-state index contributed by atoms with van der Waals surface area (Å²) in [6.07, 6.45) is 5.72. The lowest BCUT2D eigenvalue weighted by atomic mass is 10.3. The van der Waals surface area contributed by atoms with Gasteiger partial charge in [-0.1, -0.05) is 13.3 Å². The summed E-state index contributed by atoms with van der Waals surface area (Å²) in [5, 5.41) is 4.17. The van der Waals surface area contributed by atoms with Crippen molar-refractivity contribution in [1.29, 1.82) is 0 Å². The highest BCUT2D eigenvalue weighted by Gasteiger charge is 2.19. The van der Waals surface area contributed by atoms with Crippen LogP contribution < -0.4 is 4.72 Å². The van der Waals surface area contributed by atoms with Crippen LogP contribution in [-0.2, 0) is 14.8 Å². The lowest BCUT2D eigenvalue weighted by molar-refractivity contribution is 0.184. The number of aromatic nitrogens is 2. The number of hydrogen-bond donors (Lipinski definition) is 1. The van der Waals surface area contributed by atoms with E-state index in [9.17, 15) is 8.42 Å². The average molecular weight is 273 g/mol. The van der Waals surface area contributed by atoms with Gasteiger partial charge in [-0.05, 0) is 12.8 Å². The Bertz CT molecular complexity index is 477. The molecule has 1 fully saturated rings. The molecule has 1 saturated heterocycles. The molecule has 0 unspecified atom stereocenters. The minimum absolute atomic E-state index is 0.154. The third-order valence-corrected chi connectivity index (χ3v) is 4.29. The van der Waals surface area contributed by atoms with Gasteiger partial charge in [0.25, 0.3) is 0 Å². The van der Waals surface area contributed by atoms with E-state index >= 15 is 0 Å². The van der Waals surface area contributed by atoms with Crippen LogP contribution in [0.15, 0.2) is 12.4 Å². The molecule has 0 radical (unpaired) electrons. The third-order valence-electron chi connectivity index (χ3n) is 2.92. The number of hydrogen-bond acceptors (Lipinski definition) is 4. The lowest BCUT2D eigenvalue weighted by Gasteiger charge is -2.07. The zero-order valence-electron chi connectivity index (χ0n) is 10.5. The highest BCUT2D eigenvalue weighted by Crippen LogP contribution is 2.20. The molecule has 2 heterocycles. The van der Waals surface area contributed by atoms with E-state index in [1.54, 1.807) is 17.1 Å². The molecule has 0 saturated carbocycles. The van der Waals surface area contributed by atoms with E-state index in [1.807, 2.05) is 6.92 Å². The van der Waals surface area contributed by atoms with Gasteiger partial charge in [0, 0.05) is 12.8 Å². The molecule has 1 aliphatic rings. The minimum Gasteiger partial charge on any atom is -0.379 e. The Morgan fingerprint density at radius 1 is 1.61 bits per heavy atom. The van der Waals surface area contributed by atoms with Crippen LogP contribution in [0.4, 0.5) is 5.69 Å². The van der Waals surface area contributed by atoms with E-state index < -0.39 is 10.0 Å². The molecule has 0 amide bonds. The van der Waals surface area contributed by atoms with Gasteiger partial charge in [-0.15, -0.1) is 0 Å². The zero-order valence-corrected chi connectivity index (χ0v) is 11.3. The summed E-state index contributed by atoms with van der Waals surface area (Å²) in [6, 6.07) is 0.221. The second kappa shape index (κ2) is 5.71. The summed E-state index contributed by atoms with van der Waals surface area (Å²) in [5.74, 6) is 0.154.